The highest BCUT2D eigenvalue weighted by Crippen LogP contribution is 2.09. The van der Waals surface area contributed by atoms with E-state index in [0.717, 1.165) is 12.8 Å². The summed E-state index contributed by atoms with van der Waals surface area (Å²) >= 11 is 0. The van der Waals surface area contributed by atoms with Crippen molar-refractivity contribution in [2.75, 3.05) is 0 Å². The number of aliphatic hydroxyl groups excluding tert-OH is 1. The molecular formula is C9H16N2O. The molecule has 1 aromatic heterocycles. The van der Waals surface area contributed by atoms with Gasteiger partial charge in [0.15, 0.2) is 0 Å². The van der Waals surface area contributed by atoms with Gasteiger partial charge in [0.05, 0.1) is 12.3 Å². The van der Waals surface area contributed by atoms with E-state index in [9.17, 15) is 0 Å². The molecular weight excluding hydrogens is 152 g/mol. The molecule has 0 spiro atoms. The van der Waals surface area contributed by atoms with Crippen molar-refractivity contribution in [2.45, 2.75) is 32.8 Å². The van der Waals surface area contributed by atoms with Crippen molar-refractivity contribution in [2.24, 2.45) is 7.05 Å². The molecule has 1 atom stereocenters. The molecule has 0 aliphatic heterocycles. The predicted octanol–water partition coefficient (Wildman–Crippen LogP) is 1.04. The summed E-state index contributed by atoms with van der Waals surface area (Å²) < 4.78 is 1.86. The van der Waals surface area contributed by atoms with Crippen LogP contribution < -0.4 is 0 Å². The summed E-state index contributed by atoms with van der Waals surface area (Å²) in [5.74, 6) is 0. The van der Waals surface area contributed by atoms with Gasteiger partial charge in [-0.25, -0.2) is 0 Å². The van der Waals surface area contributed by atoms with E-state index in [4.69, 9.17) is 5.11 Å². The molecule has 68 valence electrons. The molecule has 0 saturated heterocycles. The lowest BCUT2D eigenvalue weighted by molar-refractivity contribution is 0.185. The number of aryl methyl sites for hydroxylation is 2. The Hall–Kier alpha value is -0.830. The highest BCUT2D eigenvalue weighted by atomic mass is 16.3. The molecule has 1 rings (SSSR count). The van der Waals surface area contributed by atoms with Crippen LogP contribution in [0.3, 0.4) is 0 Å². The van der Waals surface area contributed by atoms with Crippen LogP contribution in [0.25, 0.3) is 0 Å². The molecule has 3 nitrogen and oxygen atoms in total. The number of aliphatic hydroxyl groups is 1. The summed E-state index contributed by atoms with van der Waals surface area (Å²) in [6.45, 7) is 3.86. The van der Waals surface area contributed by atoms with Gasteiger partial charge in [0.25, 0.3) is 0 Å². The zero-order chi connectivity index (χ0) is 9.14. The SMILES string of the molecule is Cc1c(CCC(C)O)cnn1C. The maximum absolute atomic E-state index is 9.08. The van der Waals surface area contributed by atoms with E-state index < -0.39 is 0 Å². The van der Waals surface area contributed by atoms with E-state index in [-0.39, 0.29) is 6.10 Å². The van der Waals surface area contributed by atoms with Crippen molar-refractivity contribution in [3.63, 3.8) is 0 Å². The summed E-state index contributed by atoms with van der Waals surface area (Å²) in [5.41, 5.74) is 2.43. The fraction of sp³-hybridized carbons (Fsp3) is 0.667. The highest BCUT2D eigenvalue weighted by Gasteiger charge is 2.04. The van der Waals surface area contributed by atoms with Crippen LogP contribution in [0.4, 0.5) is 0 Å². The molecule has 0 saturated carbocycles. The van der Waals surface area contributed by atoms with E-state index in [1.54, 1.807) is 0 Å². The zero-order valence-corrected chi connectivity index (χ0v) is 7.91. The maximum atomic E-state index is 9.08. The first-order valence-corrected chi connectivity index (χ1v) is 4.27. The van der Waals surface area contributed by atoms with Gasteiger partial charge in [-0.2, -0.15) is 5.10 Å². The number of rotatable bonds is 3. The molecule has 0 bridgehead atoms. The van der Waals surface area contributed by atoms with Crippen molar-refractivity contribution >= 4 is 0 Å². The smallest absolute Gasteiger partial charge is 0.0524 e. The van der Waals surface area contributed by atoms with Crippen LogP contribution in [0.1, 0.15) is 24.6 Å². The molecule has 12 heavy (non-hydrogen) atoms. The molecule has 0 radical (unpaired) electrons. The Balaban J connectivity index is 2.58. The maximum Gasteiger partial charge on any atom is 0.0524 e. The van der Waals surface area contributed by atoms with Gasteiger partial charge in [0.2, 0.25) is 0 Å². The third-order valence-corrected chi connectivity index (χ3v) is 2.17. The third kappa shape index (κ3) is 2.08. The minimum atomic E-state index is -0.218. The van der Waals surface area contributed by atoms with Gasteiger partial charge in [-0.05, 0) is 32.3 Å². The highest BCUT2D eigenvalue weighted by molar-refractivity contribution is 5.15. The fourth-order valence-corrected chi connectivity index (χ4v) is 1.15. The van der Waals surface area contributed by atoms with E-state index >= 15 is 0 Å². The van der Waals surface area contributed by atoms with Gasteiger partial charge < -0.3 is 5.11 Å². The van der Waals surface area contributed by atoms with Crippen LogP contribution >= 0.6 is 0 Å². The molecule has 1 heterocycles. The van der Waals surface area contributed by atoms with Gasteiger partial charge in [-0.1, -0.05) is 0 Å². The standard InChI is InChI=1S/C9H16N2O/c1-7(12)4-5-9-6-10-11(3)8(9)2/h6-7,12H,4-5H2,1-3H3. The van der Waals surface area contributed by atoms with Crippen molar-refractivity contribution in [3.8, 4) is 0 Å². The summed E-state index contributed by atoms with van der Waals surface area (Å²) in [6.07, 6.45) is 3.38. The normalized spacial score (nSPS) is 13.3. The molecule has 0 aromatic carbocycles. The number of nitrogens with zero attached hydrogens (tertiary/aromatic N) is 2. The van der Waals surface area contributed by atoms with Crippen molar-refractivity contribution in [1.82, 2.24) is 9.78 Å². The quantitative estimate of drug-likeness (QED) is 0.732. The summed E-state index contributed by atoms with van der Waals surface area (Å²) in [7, 11) is 1.93. The molecule has 1 aromatic rings. The Morgan fingerprint density at radius 3 is 2.75 bits per heavy atom. The first-order chi connectivity index (χ1) is 5.61. The predicted molar refractivity (Wildman–Crippen MR) is 47.9 cm³/mol. The van der Waals surface area contributed by atoms with Gasteiger partial charge >= 0.3 is 0 Å². The topological polar surface area (TPSA) is 38.1 Å². The average molecular weight is 168 g/mol. The monoisotopic (exact) mass is 168 g/mol. The molecule has 0 aliphatic carbocycles. The summed E-state index contributed by atoms with van der Waals surface area (Å²) in [4.78, 5) is 0. The van der Waals surface area contributed by atoms with Gasteiger partial charge in [0.1, 0.15) is 0 Å². The Kier molecular flexibility index (Phi) is 2.87. The van der Waals surface area contributed by atoms with Crippen LogP contribution in [-0.4, -0.2) is 21.0 Å². The average Bonchev–Trinajstić information content (AvgIpc) is 2.30. The minimum Gasteiger partial charge on any atom is -0.393 e. The lowest BCUT2D eigenvalue weighted by Crippen LogP contribution is -2.02. The minimum absolute atomic E-state index is 0.218. The Morgan fingerprint density at radius 1 is 1.67 bits per heavy atom. The van der Waals surface area contributed by atoms with E-state index in [1.165, 1.54) is 11.3 Å². The molecule has 1 N–H and O–H groups in total. The first-order valence-electron chi connectivity index (χ1n) is 4.27. The van der Waals surface area contributed by atoms with Gasteiger partial charge in [-0.3, -0.25) is 4.68 Å². The van der Waals surface area contributed by atoms with Crippen molar-refractivity contribution in [3.05, 3.63) is 17.5 Å². The van der Waals surface area contributed by atoms with Gasteiger partial charge in [-0.15, -0.1) is 0 Å². The number of hydrogen-bond donors (Lipinski definition) is 1. The number of aromatic nitrogens is 2. The molecule has 0 aliphatic rings. The van der Waals surface area contributed by atoms with E-state index in [2.05, 4.69) is 5.10 Å². The van der Waals surface area contributed by atoms with Crippen molar-refractivity contribution in [1.29, 1.82) is 0 Å². The Morgan fingerprint density at radius 2 is 2.33 bits per heavy atom. The van der Waals surface area contributed by atoms with Crippen LogP contribution in [-0.2, 0) is 13.5 Å². The molecule has 3 heteroatoms. The zero-order valence-electron chi connectivity index (χ0n) is 7.91. The molecule has 0 fully saturated rings. The van der Waals surface area contributed by atoms with Crippen LogP contribution in [0, 0.1) is 6.92 Å². The molecule has 0 amide bonds. The fourth-order valence-electron chi connectivity index (χ4n) is 1.15. The van der Waals surface area contributed by atoms with Crippen molar-refractivity contribution < 1.29 is 5.11 Å². The van der Waals surface area contributed by atoms with E-state index in [0.29, 0.717) is 0 Å². The second-order valence-electron chi connectivity index (χ2n) is 3.27. The third-order valence-electron chi connectivity index (χ3n) is 2.17. The van der Waals surface area contributed by atoms with Crippen LogP contribution in [0.5, 0.6) is 0 Å². The van der Waals surface area contributed by atoms with Crippen LogP contribution in [0.15, 0.2) is 6.20 Å². The lowest BCUT2D eigenvalue weighted by Gasteiger charge is -2.02. The molecule has 1 unspecified atom stereocenters. The van der Waals surface area contributed by atoms with Crippen LogP contribution in [0.2, 0.25) is 0 Å². The summed E-state index contributed by atoms with van der Waals surface area (Å²) in [5, 5.41) is 13.2. The van der Waals surface area contributed by atoms with E-state index in [1.807, 2.05) is 31.8 Å². The largest absolute Gasteiger partial charge is 0.393 e. The summed E-state index contributed by atoms with van der Waals surface area (Å²) in [6, 6.07) is 0. The Bertz CT molecular complexity index is 253. The van der Waals surface area contributed by atoms with Gasteiger partial charge in [0, 0.05) is 12.7 Å². The second kappa shape index (κ2) is 3.72. The second-order valence-corrected chi connectivity index (χ2v) is 3.27. The lowest BCUT2D eigenvalue weighted by atomic mass is 10.1. The number of hydrogen-bond acceptors (Lipinski definition) is 2. The first kappa shape index (κ1) is 9.26. The Labute approximate surface area is 73.0 Å².